The van der Waals surface area contributed by atoms with Crippen molar-refractivity contribution in [1.82, 2.24) is 9.97 Å². The van der Waals surface area contributed by atoms with Gasteiger partial charge < -0.3 is 9.80 Å². The molecule has 2 aliphatic heterocycles. The highest BCUT2D eigenvalue weighted by atomic mass is 15.2. The maximum atomic E-state index is 5.49. The maximum absolute atomic E-state index is 5.49. The van der Waals surface area contributed by atoms with Crippen molar-refractivity contribution in [1.29, 1.82) is 0 Å². The van der Waals surface area contributed by atoms with Crippen molar-refractivity contribution in [3.63, 3.8) is 0 Å². The quantitative estimate of drug-likeness (QED) is 0.149. The Kier molecular flexibility index (Phi) is 9.59. The van der Waals surface area contributed by atoms with Crippen LogP contribution in [0.25, 0.3) is 77.7 Å². The first-order valence-corrected chi connectivity index (χ1v) is 24.3. The number of hydrogen-bond acceptors (Lipinski definition) is 4. The van der Waals surface area contributed by atoms with Crippen LogP contribution in [0.15, 0.2) is 261 Å². The molecule has 0 unspecified atom stereocenters. The zero-order valence-corrected chi connectivity index (χ0v) is 38.7. The minimum absolute atomic E-state index is 0.0932. The van der Waals surface area contributed by atoms with Gasteiger partial charge in [0.1, 0.15) is 0 Å². The average molecular weight is 903 g/mol. The Labute approximate surface area is 413 Å². The Balaban J connectivity index is 1.10. The summed E-state index contributed by atoms with van der Waals surface area (Å²) in [7, 11) is 0. The summed E-state index contributed by atoms with van der Waals surface area (Å²) in [6, 6.07) is 94.4. The molecule has 1 aromatic heterocycles. The Bertz CT molecular complexity index is 3720. The molecule has 0 saturated carbocycles. The van der Waals surface area contributed by atoms with Crippen LogP contribution in [0.5, 0.6) is 0 Å². The molecule has 11 aromatic carbocycles. The third-order valence-corrected chi connectivity index (χ3v) is 14.4. The van der Waals surface area contributed by atoms with Crippen LogP contribution in [-0.2, 0) is 0 Å². The fourth-order valence-corrected chi connectivity index (χ4v) is 11.1. The van der Waals surface area contributed by atoms with Gasteiger partial charge in [-0.3, -0.25) is 0 Å². The predicted molar refractivity (Wildman–Crippen MR) is 298 cm³/mol. The van der Waals surface area contributed by atoms with Gasteiger partial charge in [0.2, 0.25) is 0 Å². The van der Waals surface area contributed by atoms with Gasteiger partial charge >= 0.3 is 0 Å². The van der Waals surface area contributed by atoms with E-state index in [9.17, 15) is 0 Å². The van der Waals surface area contributed by atoms with Crippen molar-refractivity contribution in [2.45, 2.75) is 0 Å². The van der Waals surface area contributed by atoms with Gasteiger partial charge in [0.05, 0.1) is 11.4 Å². The summed E-state index contributed by atoms with van der Waals surface area (Å²) in [5.41, 5.74) is 19.9. The maximum Gasteiger partial charge on any atom is 0.252 e. The van der Waals surface area contributed by atoms with Crippen molar-refractivity contribution in [2.24, 2.45) is 0 Å². The Morgan fingerprint density at radius 2 is 0.662 bits per heavy atom. The van der Waals surface area contributed by atoms with E-state index >= 15 is 0 Å². The Morgan fingerprint density at radius 3 is 1.08 bits per heavy atom. The van der Waals surface area contributed by atoms with E-state index in [4.69, 9.17) is 9.97 Å². The number of hydrogen-bond donors (Lipinski definition) is 0. The molecule has 0 amide bonds. The number of anilines is 6. The van der Waals surface area contributed by atoms with Gasteiger partial charge in [-0.25, -0.2) is 9.97 Å². The van der Waals surface area contributed by atoms with Gasteiger partial charge in [-0.15, -0.1) is 0 Å². The second kappa shape index (κ2) is 16.7. The highest BCUT2D eigenvalue weighted by Gasteiger charge is 2.45. The molecule has 0 saturated heterocycles. The molecule has 0 spiro atoms. The van der Waals surface area contributed by atoms with E-state index in [-0.39, 0.29) is 6.71 Å². The van der Waals surface area contributed by atoms with Crippen LogP contribution < -0.4 is 26.2 Å². The first kappa shape index (κ1) is 40.7. The van der Waals surface area contributed by atoms with E-state index in [1.807, 2.05) is 0 Å². The zero-order valence-electron chi connectivity index (χ0n) is 38.7. The van der Waals surface area contributed by atoms with Gasteiger partial charge in [0.15, 0.2) is 5.82 Å². The molecular weight excluding hydrogens is 860 g/mol. The van der Waals surface area contributed by atoms with E-state index in [0.29, 0.717) is 5.82 Å². The van der Waals surface area contributed by atoms with Crippen molar-refractivity contribution < 1.29 is 0 Å². The van der Waals surface area contributed by atoms with Crippen LogP contribution in [0.3, 0.4) is 0 Å². The first-order chi connectivity index (χ1) is 35.2. The van der Waals surface area contributed by atoms with Gasteiger partial charge in [0.25, 0.3) is 6.71 Å². The average Bonchev–Trinajstić information content (AvgIpc) is 3.46. The van der Waals surface area contributed by atoms with Gasteiger partial charge in [0, 0.05) is 61.6 Å². The summed E-state index contributed by atoms with van der Waals surface area (Å²) in [5, 5.41) is 4.78. The van der Waals surface area contributed by atoms with Crippen LogP contribution in [0.2, 0.25) is 0 Å². The molecule has 5 heteroatoms. The highest BCUT2D eigenvalue weighted by Crippen LogP contribution is 2.49. The van der Waals surface area contributed by atoms with Crippen molar-refractivity contribution in [3.8, 4) is 56.2 Å². The molecule has 0 aliphatic carbocycles. The van der Waals surface area contributed by atoms with E-state index < -0.39 is 0 Å². The molecule has 330 valence electrons. The lowest BCUT2D eigenvalue weighted by Crippen LogP contribution is -2.61. The molecule has 0 atom stereocenters. The number of aromatic nitrogens is 2. The minimum Gasteiger partial charge on any atom is -0.311 e. The van der Waals surface area contributed by atoms with E-state index in [1.165, 1.54) is 71.6 Å². The third kappa shape index (κ3) is 6.85. The topological polar surface area (TPSA) is 32.3 Å². The molecule has 0 radical (unpaired) electrons. The highest BCUT2D eigenvalue weighted by molar-refractivity contribution is 7.00. The molecule has 2 aliphatic rings. The second-order valence-electron chi connectivity index (χ2n) is 18.5. The van der Waals surface area contributed by atoms with Gasteiger partial charge in [-0.1, -0.05) is 218 Å². The second-order valence-corrected chi connectivity index (χ2v) is 18.5. The molecule has 4 nitrogen and oxygen atoms in total. The van der Waals surface area contributed by atoms with Crippen LogP contribution >= 0.6 is 0 Å². The molecule has 0 bridgehead atoms. The largest absolute Gasteiger partial charge is 0.311 e. The van der Waals surface area contributed by atoms with E-state index in [0.717, 1.165) is 50.8 Å². The van der Waals surface area contributed by atoms with Gasteiger partial charge in [-0.05, 0) is 91.9 Å². The summed E-state index contributed by atoms with van der Waals surface area (Å²) < 4.78 is 0. The molecule has 0 fully saturated rings. The third-order valence-electron chi connectivity index (χ3n) is 14.4. The SMILES string of the molecule is c1ccc(-c2ccc(N3c4cc(-c5nc(-c6ccccc6)cc(-c6ccccc6)n5)cc5c4B(c4ccc6ccccc6c43)c3ccc4ccccc4c3N5c3ccc(-c4ccccc4)cc3)cc2)cc1. The fraction of sp³-hybridized carbons (Fsp3) is 0. The smallest absolute Gasteiger partial charge is 0.252 e. The summed E-state index contributed by atoms with van der Waals surface area (Å²) in [6.07, 6.45) is 0. The molecular formula is C66H43BN4. The standard InChI is InChI=1S/C66H43BN4/c1-5-17-44(18-6-1)46-29-35-53(36-30-46)70-61-41-52(66-68-59(50-23-9-3-10-24-50)43-60(69-66)51-25-11-4-12-26-51)42-62-63(61)67(57-39-33-48-21-13-15-27-55(48)64(57)70)58-40-34-49-22-14-16-28-56(49)65(58)71(62)54-37-31-47(32-38-54)45-19-7-2-8-20-45/h1-43H. The number of benzene rings is 11. The predicted octanol–water partition coefficient (Wildman–Crippen LogP) is 15.2. The lowest BCUT2D eigenvalue weighted by atomic mass is 9.33. The van der Waals surface area contributed by atoms with Crippen LogP contribution in [0, 0.1) is 0 Å². The molecule has 3 heterocycles. The first-order valence-electron chi connectivity index (χ1n) is 24.3. The lowest BCUT2D eigenvalue weighted by molar-refractivity contribution is 1.18. The van der Waals surface area contributed by atoms with Crippen molar-refractivity contribution in [2.75, 3.05) is 9.80 Å². The van der Waals surface area contributed by atoms with Crippen molar-refractivity contribution >= 4 is 78.8 Å². The molecule has 0 N–H and O–H groups in total. The fourth-order valence-electron chi connectivity index (χ4n) is 11.1. The van der Waals surface area contributed by atoms with Crippen LogP contribution in [0.1, 0.15) is 0 Å². The number of nitrogens with zero attached hydrogens (tertiary/aromatic N) is 4. The van der Waals surface area contributed by atoms with Crippen LogP contribution in [-0.4, -0.2) is 16.7 Å². The normalized spacial score (nSPS) is 12.4. The van der Waals surface area contributed by atoms with Crippen molar-refractivity contribution in [3.05, 3.63) is 261 Å². The Morgan fingerprint density at radius 1 is 0.296 bits per heavy atom. The van der Waals surface area contributed by atoms with E-state index in [2.05, 4.69) is 271 Å². The lowest BCUT2D eigenvalue weighted by Gasteiger charge is -2.45. The minimum atomic E-state index is -0.0932. The summed E-state index contributed by atoms with van der Waals surface area (Å²) in [4.78, 5) is 16.0. The molecule has 14 rings (SSSR count). The zero-order chi connectivity index (χ0) is 46.8. The monoisotopic (exact) mass is 902 g/mol. The summed E-state index contributed by atoms with van der Waals surface area (Å²) in [5.74, 6) is 0.659. The summed E-state index contributed by atoms with van der Waals surface area (Å²) >= 11 is 0. The van der Waals surface area contributed by atoms with E-state index in [1.54, 1.807) is 0 Å². The number of fused-ring (bicyclic) bond motifs is 8. The Hall–Kier alpha value is -9.32. The molecule has 12 aromatic rings. The number of rotatable bonds is 7. The van der Waals surface area contributed by atoms with Gasteiger partial charge in [-0.2, -0.15) is 0 Å². The molecule has 71 heavy (non-hydrogen) atoms. The van der Waals surface area contributed by atoms with Crippen LogP contribution in [0.4, 0.5) is 34.1 Å². The summed E-state index contributed by atoms with van der Waals surface area (Å²) in [6.45, 7) is -0.0932.